The molecule has 1 aromatic carbocycles. The van der Waals surface area contributed by atoms with Crippen molar-refractivity contribution in [2.75, 3.05) is 6.54 Å². The third-order valence-electron chi connectivity index (χ3n) is 3.26. The molecule has 0 saturated heterocycles. The van der Waals surface area contributed by atoms with E-state index < -0.39 is 30.8 Å². The van der Waals surface area contributed by atoms with E-state index >= 15 is 0 Å². The Morgan fingerprint density at radius 2 is 2.16 bits per heavy atom. The van der Waals surface area contributed by atoms with Crippen LogP contribution < -0.4 is 4.74 Å². The van der Waals surface area contributed by atoms with E-state index in [1.807, 2.05) is 0 Å². The van der Waals surface area contributed by atoms with Crippen molar-refractivity contribution in [3.05, 3.63) is 60.4 Å². The van der Waals surface area contributed by atoms with Gasteiger partial charge in [-0.15, -0.1) is 0 Å². The van der Waals surface area contributed by atoms with Crippen LogP contribution in [0.15, 0.2) is 49.0 Å². The second-order valence-electron chi connectivity index (χ2n) is 4.96. The van der Waals surface area contributed by atoms with Crippen LogP contribution >= 0.6 is 0 Å². The van der Waals surface area contributed by atoms with Gasteiger partial charge in [0.25, 0.3) is 0 Å². The molecule has 0 radical (unpaired) electrons. The molecular weight excluding hydrogens is 337 g/mol. The second kappa shape index (κ2) is 7.25. The molecule has 1 aromatic heterocycles. The van der Waals surface area contributed by atoms with Crippen molar-refractivity contribution >= 4 is 6.09 Å². The SMILES string of the molecule is [2H]C([2H])(c1cncc(-c2ccc(F)c(OC(F)F)c2)c1)N1CC=COC1=O. The van der Waals surface area contributed by atoms with Crippen LogP contribution in [0.25, 0.3) is 11.1 Å². The van der Waals surface area contributed by atoms with Gasteiger partial charge in [0, 0.05) is 24.5 Å². The number of cyclic esters (lactones) is 1. The van der Waals surface area contributed by atoms with Crippen LogP contribution in [0.3, 0.4) is 0 Å². The lowest BCUT2D eigenvalue weighted by molar-refractivity contribution is -0.0521. The number of ether oxygens (including phenoxy) is 2. The number of alkyl halides is 2. The van der Waals surface area contributed by atoms with Gasteiger partial charge in [0.15, 0.2) is 11.6 Å². The van der Waals surface area contributed by atoms with Gasteiger partial charge in [0.1, 0.15) is 0 Å². The van der Waals surface area contributed by atoms with E-state index in [0.717, 1.165) is 17.0 Å². The Morgan fingerprint density at radius 3 is 2.92 bits per heavy atom. The Bertz CT molecular complexity index is 893. The molecule has 130 valence electrons. The summed E-state index contributed by atoms with van der Waals surface area (Å²) in [6.07, 6.45) is 4.38. The summed E-state index contributed by atoms with van der Waals surface area (Å²) < 4.78 is 63.7. The minimum atomic E-state index is -3.19. The van der Waals surface area contributed by atoms with E-state index in [9.17, 15) is 18.0 Å². The van der Waals surface area contributed by atoms with Crippen molar-refractivity contribution in [1.29, 1.82) is 0 Å². The molecule has 1 aliphatic rings. The van der Waals surface area contributed by atoms with Crippen LogP contribution in [0.5, 0.6) is 5.75 Å². The third-order valence-corrected chi connectivity index (χ3v) is 3.26. The fraction of sp³-hybridized carbons (Fsp3) is 0.176. The summed E-state index contributed by atoms with van der Waals surface area (Å²) >= 11 is 0. The first-order valence-corrected chi connectivity index (χ1v) is 7.12. The average Bonchev–Trinajstić information content (AvgIpc) is 2.63. The summed E-state index contributed by atoms with van der Waals surface area (Å²) in [5, 5.41) is 0. The number of amides is 1. The summed E-state index contributed by atoms with van der Waals surface area (Å²) in [6, 6.07) is 4.73. The zero-order valence-corrected chi connectivity index (χ0v) is 12.7. The molecule has 25 heavy (non-hydrogen) atoms. The van der Waals surface area contributed by atoms with Gasteiger partial charge in [-0.05, 0) is 35.4 Å². The first kappa shape index (κ1) is 14.3. The summed E-state index contributed by atoms with van der Waals surface area (Å²) in [5.74, 6) is -1.60. The van der Waals surface area contributed by atoms with Crippen molar-refractivity contribution in [2.24, 2.45) is 0 Å². The molecule has 0 N–H and O–H groups in total. The lowest BCUT2D eigenvalue weighted by Crippen LogP contribution is -2.32. The van der Waals surface area contributed by atoms with Crippen molar-refractivity contribution in [3.8, 4) is 16.9 Å². The maximum absolute atomic E-state index is 13.6. The van der Waals surface area contributed by atoms with E-state index in [4.69, 9.17) is 7.48 Å². The monoisotopic (exact) mass is 352 g/mol. The van der Waals surface area contributed by atoms with Crippen LogP contribution in [0.2, 0.25) is 0 Å². The Morgan fingerprint density at radius 1 is 1.32 bits per heavy atom. The number of nitrogens with zero attached hydrogens (tertiary/aromatic N) is 2. The standard InChI is InChI=1S/C17H13F3N2O3/c18-14-3-2-12(7-15(14)25-16(19)20)13-6-11(8-21-9-13)10-22-4-1-5-24-17(22)23/h1-3,5-9,16H,4,10H2/i10D2. The molecule has 0 spiro atoms. The number of pyridine rings is 1. The van der Waals surface area contributed by atoms with E-state index in [-0.39, 0.29) is 12.1 Å². The van der Waals surface area contributed by atoms with Crippen LogP contribution in [-0.4, -0.2) is 29.1 Å². The van der Waals surface area contributed by atoms with Crippen LogP contribution in [0.4, 0.5) is 18.0 Å². The van der Waals surface area contributed by atoms with Crippen molar-refractivity contribution in [2.45, 2.75) is 13.1 Å². The summed E-state index contributed by atoms with van der Waals surface area (Å²) in [6.45, 7) is -5.43. The molecule has 2 heterocycles. The maximum Gasteiger partial charge on any atom is 0.415 e. The summed E-state index contributed by atoms with van der Waals surface area (Å²) in [4.78, 5) is 16.6. The number of carbonyl (C=O) groups is 1. The summed E-state index contributed by atoms with van der Waals surface area (Å²) in [5.41, 5.74) is 0.655. The molecule has 0 fully saturated rings. The van der Waals surface area contributed by atoms with Crippen LogP contribution in [-0.2, 0) is 11.2 Å². The normalized spacial score (nSPS) is 15.7. The second-order valence-corrected chi connectivity index (χ2v) is 4.96. The first-order valence-electron chi connectivity index (χ1n) is 8.12. The van der Waals surface area contributed by atoms with Gasteiger partial charge >= 0.3 is 12.7 Å². The third kappa shape index (κ3) is 4.09. The first-order chi connectivity index (χ1) is 12.8. The fourth-order valence-corrected chi connectivity index (χ4v) is 2.17. The number of hydrogen-bond donors (Lipinski definition) is 0. The number of carbonyl (C=O) groups excluding carboxylic acids is 1. The van der Waals surface area contributed by atoms with Gasteiger partial charge in [0.2, 0.25) is 0 Å². The minimum absolute atomic E-state index is 0.00101. The van der Waals surface area contributed by atoms with E-state index in [1.165, 1.54) is 36.9 Å². The number of benzene rings is 1. The van der Waals surface area contributed by atoms with Crippen molar-refractivity contribution in [1.82, 2.24) is 9.88 Å². The van der Waals surface area contributed by atoms with Gasteiger partial charge in [-0.2, -0.15) is 8.78 Å². The molecular formula is C17H13F3N2O3. The predicted octanol–water partition coefficient (Wildman–Crippen LogP) is 3.96. The van der Waals surface area contributed by atoms with Crippen LogP contribution in [0.1, 0.15) is 8.30 Å². The molecule has 0 unspecified atom stereocenters. The molecule has 3 rings (SSSR count). The molecule has 8 heteroatoms. The number of rotatable bonds is 5. The van der Waals surface area contributed by atoms with E-state index in [0.29, 0.717) is 11.1 Å². The van der Waals surface area contributed by atoms with Gasteiger partial charge < -0.3 is 9.47 Å². The lowest BCUT2D eigenvalue weighted by Gasteiger charge is -2.22. The molecule has 2 aromatic rings. The molecule has 1 aliphatic heterocycles. The summed E-state index contributed by atoms with van der Waals surface area (Å²) in [7, 11) is 0. The van der Waals surface area contributed by atoms with Crippen molar-refractivity contribution < 1.29 is 30.2 Å². The molecule has 0 bridgehead atoms. The number of aromatic nitrogens is 1. The lowest BCUT2D eigenvalue weighted by atomic mass is 10.1. The fourth-order valence-electron chi connectivity index (χ4n) is 2.17. The Kier molecular flexibility index (Phi) is 4.15. The average molecular weight is 352 g/mol. The zero-order chi connectivity index (χ0) is 19.6. The maximum atomic E-state index is 13.6. The highest BCUT2D eigenvalue weighted by molar-refractivity contribution is 5.70. The smallest absolute Gasteiger partial charge is 0.415 e. The van der Waals surface area contributed by atoms with Gasteiger partial charge in [0.05, 0.1) is 15.5 Å². The number of hydrogen-bond acceptors (Lipinski definition) is 4. The Labute approximate surface area is 144 Å². The zero-order valence-electron chi connectivity index (χ0n) is 14.7. The highest BCUT2D eigenvalue weighted by Gasteiger charge is 2.17. The highest BCUT2D eigenvalue weighted by atomic mass is 19.3. The van der Waals surface area contributed by atoms with Gasteiger partial charge in [-0.3, -0.25) is 9.88 Å². The molecule has 5 nitrogen and oxygen atoms in total. The predicted molar refractivity (Wildman–Crippen MR) is 82.3 cm³/mol. The topological polar surface area (TPSA) is 51.7 Å². The van der Waals surface area contributed by atoms with Gasteiger partial charge in [-0.1, -0.05) is 6.07 Å². The largest absolute Gasteiger partial charge is 0.432 e. The molecule has 0 aliphatic carbocycles. The van der Waals surface area contributed by atoms with E-state index in [2.05, 4.69) is 9.72 Å². The molecule has 0 atom stereocenters. The Hall–Kier alpha value is -3.03. The van der Waals surface area contributed by atoms with Crippen molar-refractivity contribution in [3.63, 3.8) is 0 Å². The molecule has 0 saturated carbocycles. The van der Waals surface area contributed by atoms with E-state index in [1.54, 1.807) is 0 Å². The van der Waals surface area contributed by atoms with Crippen LogP contribution in [0, 0.1) is 5.82 Å². The molecule has 1 amide bonds. The van der Waals surface area contributed by atoms with Gasteiger partial charge in [-0.25, -0.2) is 9.18 Å². The quantitative estimate of drug-likeness (QED) is 0.817. The minimum Gasteiger partial charge on any atom is -0.432 e. The number of halogens is 3. The Balaban J connectivity index is 1.96. The highest BCUT2D eigenvalue weighted by Crippen LogP contribution is 2.28.